The van der Waals surface area contributed by atoms with E-state index < -0.39 is 25.8 Å². The Bertz CT molecular complexity index is 720. The molecule has 1 fully saturated rings. The monoisotopic (exact) mass is 345 g/mol. The fraction of sp³-hybridized carbons (Fsp3) is 0.500. The molecule has 2 rings (SSSR count). The number of benzene rings is 1. The summed E-state index contributed by atoms with van der Waals surface area (Å²) < 4.78 is 49.9. The second kappa shape index (κ2) is 6.78. The molecule has 1 saturated carbocycles. The predicted octanol–water partition coefficient (Wildman–Crippen LogP) is 1.24. The van der Waals surface area contributed by atoms with Crippen LogP contribution in [0.25, 0.3) is 0 Å². The van der Waals surface area contributed by atoms with E-state index >= 15 is 0 Å². The van der Waals surface area contributed by atoms with Gasteiger partial charge < -0.3 is 0 Å². The highest BCUT2D eigenvalue weighted by Gasteiger charge is 2.29. The Morgan fingerprint density at radius 2 is 1.64 bits per heavy atom. The van der Waals surface area contributed by atoms with E-state index in [0.717, 1.165) is 12.8 Å². The largest absolute Gasteiger partial charge is 0.274 e. The summed E-state index contributed by atoms with van der Waals surface area (Å²) in [5, 5.41) is -0.383. The quantitative estimate of drug-likeness (QED) is 0.836. The molecule has 0 spiro atoms. The van der Waals surface area contributed by atoms with Crippen molar-refractivity contribution in [3.63, 3.8) is 0 Å². The van der Waals surface area contributed by atoms with Gasteiger partial charge >= 0.3 is 0 Å². The maximum Gasteiger partial charge on any atom is 0.264 e. The lowest BCUT2D eigenvalue weighted by atomic mass is 10.4. The molecular weight excluding hydrogens is 326 g/mol. The molecule has 0 aliphatic heterocycles. The van der Waals surface area contributed by atoms with Crippen LogP contribution in [0.3, 0.4) is 0 Å². The van der Waals surface area contributed by atoms with Crippen molar-refractivity contribution >= 4 is 25.8 Å². The number of nitrogens with one attached hydrogen (secondary N) is 1. The Balaban J connectivity index is 1.93. The first-order valence-corrected chi connectivity index (χ1v) is 10.3. The normalized spacial score (nSPS) is 16.5. The number of hydrogen-bond donors (Lipinski definition) is 1. The van der Waals surface area contributed by atoms with Crippen LogP contribution in [0.5, 0.6) is 0 Å². The highest BCUT2D eigenvalue weighted by atomic mass is 32.2. The molecule has 0 aromatic heterocycles. The van der Waals surface area contributed by atoms with Crippen molar-refractivity contribution in [2.45, 2.75) is 42.2 Å². The summed E-state index contributed by atoms with van der Waals surface area (Å²) in [6, 6.07) is 7.48. The number of rotatable bonds is 6. The van der Waals surface area contributed by atoms with Gasteiger partial charge in [0.1, 0.15) is 0 Å². The van der Waals surface area contributed by atoms with Crippen molar-refractivity contribution in [3.05, 3.63) is 30.3 Å². The van der Waals surface area contributed by atoms with Crippen LogP contribution in [0, 0.1) is 0 Å². The molecule has 1 aromatic rings. The van der Waals surface area contributed by atoms with Crippen LogP contribution in [0.2, 0.25) is 0 Å². The number of carbonyl (C=O) groups is 1. The Hall–Kier alpha value is -1.41. The zero-order valence-electron chi connectivity index (χ0n) is 12.1. The van der Waals surface area contributed by atoms with Gasteiger partial charge in [-0.3, -0.25) is 4.79 Å². The molecule has 0 bridgehead atoms. The molecule has 6 nitrogen and oxygen atoms in total. The van der Waals surface area contributed by atoms with E-state index in [2.05, 4.69) is 0 Å². The second-order valence-corrected chi connectivity index (χ2v) is 9.45. The Morgan fingerprint density at radius 3 is 2.23 bits per heavy atom. The Kier molecular flexibility index (Phi) is 5.23. The SMILES string of the molecule is O=C(CCS(=O)(=O)C1CCCC1)NS(=O)(=O)c1ccccc1. The fourth-order valence-electron chi connectivity index (χ4n) is 2.51. The average Bonchev–Trinajstić information content (AvgIpc) is 3.01. The van der Waals surface area contributed by atoms with E-state index in [1.807, 2.05) is 4.72 Å². The highest BCUT2D eigenvalue weighted by molar-refractivity contribution is 7.92. The molecule has 1 aromatic carbocycles. The molecular formula is C14H19NO5S2. The second-order valence-electron chi connectivity index (χ2n) is 5.37. The molecule has 8 heteroatoms. The van der Waals surface area contributed by atoms with Crippen LogP contribution < -0.4 is 4.72 Å². The Labute approximate surface area is 130 Å². The van der Waals surface area contributed by atoms with Gasteiger partial charge in [-0.25, -0.2) is 21.6 Å². The highest BCUT2D eigenvalue weighted by Crippen LogP contribution is 2.25. The molecule has 0 atom stereocenters. The first-order chi connectivity index (χ1) is 10.3. The van der Waals surface area contributed by atoms with Crippen LogP contribution >= 0.6 is 0 Å². The van der Waals surface area contributed by atoms with Crippen LogP contribution in [-0.4, -0.2) is 33.7 Å². The van der Waals surface area contributed by atoms with Crippen molar-refractivity contribution in [2.24, 2.45) is 0 Å². The molecule has 0 saturated heterocycles. The van der Waals surface area contributed by atoms with Crippen molar-refractivity contribution in [1.82, 2.24) is 4.72 Å². The summed E-state index contributed by atoms with van der Waals surface area (Å²) in [5.74, 6) is -1.11. The third-order valence-corrected chi connectivity index (χ3v) is 7.37. The topological polar surface area (TPSA) is 97.4 Å². The molecule has 1 N–H and O–H groups in total. The lowest BCUT2D eigenvalue weighted by molar-refractivity contribution is -0.118. The number of amides is 1. The minimum absolute atomic E-state index is 0.0259. The number of sulfonamides is 1. The van der Waals surface area contributed by atoms with Gasteiger partial charge in [0, 0.05) is 6.42 Å². The van der Waals surface area contributed by atoms with E-state index in [-0.39, 0.29) is 22.3 Å². The summed E-state index contributed by atoms with van der Waals surface area (Å²) in [6.07, 6.45) is 2.69. The molecule has 1 amide bonds. The van der Waals surface area contributed by atoms with Gasteiger partial charge in [0.2, 0.25) is 5.91 Å². The Morgan fingerprint density at radius 1 is 1.05 bits per heavy atom. The molecule has 0 radical (unpaired) electrons. The van der Waals surface area contributed by atoms with Gasteiger partial charge in [-0.1, -0.05) is 31.0 Å². The standard InChI is InChI=1S/C14H19NO5S2/c16-14(10-11-21(17,18)12-6-4-5-7-12)15-22(19,20)13-8-2-1-3-9-13/h1-3,8-9,12H,4-7,10-11H2,(H,15,16). The average molecular weight is 345 g/mol. The lowest BCUT2D eigenvalue weighted by Crippen LogP contribution is -2.33. The van der Waals surface area contributed by atoms with Crippen molar-refractivity contribution in [3.8, 4) is 0 Å². The number of sulfone groups is 1. The number of carbonyl (C=O) groups excluding carboxylic acids is 1. The van der Waals surface area contributed by atoms with Crippen LogP contribution in [0.15, 0.2) is 35.2 Å². The molecule has 22 heavy (non-hydrogen) atoms. The maximum atomic E-state index is 12.0. The van der Waals surface area contributed by atoms with Gasteiger partial charge in [-0.15, -0.1) is 0 Å². The van der Waals surface area contributed by atoms with Gasteiger partial charge in [0.15, 0.2) is 9.84 Å². The zero-order chi connectivity index (χ0) is 16.2. The van der Waals surface area contributed by atoms with E-state index in [9.17, 15) is 21.6 Å². The van der Waals surface area contributed by atoms with E-state index in [1.54, 1.807) is 18.2 Å². The van der Waals surface area contributed by atoms with Crippen molar-refractivity contribution < 1.29 is 21.6 Å². The predicted molar refractivity (Wildman–Crippen MR) is 82.4 cm³/mol. The van der Waals surface area contributed by atoms with Gasteiger partial charge in [-0.05, 0) is 25.0 Å². The van der Waals surface area contributed by atoms with Gasteiger partial charge in [0.05, 0.1) is 15.9 Å². The maximum absolute atomic E-state index is 12.0. The summed E-state index contributed by atoms with van der Waals surface area (Å²) in [5.41, 5.74) is 0. The zero-order valence-corrected chi connectivity index (χ0v) is 13.7. The first kappa shape index (κ1) is 17.0. The lowest BCUT2D eigenvalue weighted by Gasteiger charge is -2.11. The van der Waals surface area contributed by atoms with E-state index in [1.165, 1.54) is 12.1 Å². The third-order valence-electron chi connectivity index (χ3n) is 3.73. The van der Waals surface area contributed by atoms with Crippen molar-refractivity contribution in [1.29, 1.82) is 0 Å². The summed E-state index contributed by atoms with van der Waals surface area (Å²) in [4.78, 5) is 11.7. The van der Waals surface area contributed by atoms with E-state index in [0.29, 0.717) is 12.8 Å². The van der Waals surface area contributed by atoms with Crippen LogP contribution in [-0.2, 0) is 24.7 Å². The molecule has 122 valence electrons. The summed E-state index contributed by atoms with van der Waals surface area (Å²) in [7, 11) is -7.27. The molecule has 0 unspecified atom stereocenters. The van der Waals surface area contributed by atoms with E-state index in [4.69, 9.17) is 0 Å². The number of hydrogen-bond acceptors (Lipinski definition) is 5. The third kappa shape index (κ3) is 4.30. The smallest absolute Gasteiger partial charge is 0.264 e. The van der Waals surface area contributed by atoms with Gasteiger partial charge in [0.25, 0.3) is 10.0 Å². The van der Waals surface area contributed by atoms with Crippen molar-refractivity contribution in [2.75, 3.05) is 5.75 Å². The minimum atomic E-state index is -3.94. The van der Waals surface area contributed by atoms with Crippen LogP contribution in [0.4, 0.5) is 0 Å². The van der Waals surface area contributed by atoms with Crippen LogP contribution in [0.1, 0.15) is 32.1 Å². The molecule has 1 aliphatic rings. The molecule has 1 aliphatic carbocycles. The fourth-order valence-corrected chi connectivity index (χ4v) is 5.40. The minimum Gasteiger partial charge on any atom is -0.274 e. The van der Waals surface area contributed by atoms with Gasteiger partial charge in [-0.2, -0.15) is 0 Å². The summed E-state index contributed by atoms with van der Waals surface area (Å²) >= 11 is 0. The summed E-state index contributed by atoms with van der Waals surface area (Å²) in [6.45, 7) is 0. The molecule has 0 heterocycles. The first-order valence-electron chi connectivity index (χ1n) is 7.13.